The molecule has 0 atom stereocenters. The molecule has 0 spiro atoms. The number of furan rings is 2. The maximum absolute atomic E-state index is 6.34. The Morgan fingerprint density at radius 1 is 0.419 bits per heavy atom. The molecule has 0 aliphatic heterocycles. The second-order valence-corrected chi connectivity index (χ2v) is 12.3. The van der Waals surface area contributed by atoms with Crippen LogP contribution in [0.1, 0.15) is 0 Å². The van der Waals surface area contributed by atoms with Crippen molar-refractivity contribution in [2.45, 2.75) is 0 Å². The van der Waals surface area contributed by atoms with Crippen LogP contribution < -0.4 is 0 Å². The molecule has 3 heterocycles. The van der Waals surface area contributed by atoms with Gasteiger partial charge in [0, 0.05) is 47.5 Å². The van der Waals surface area contributed by atoms with Gasteiger partial charge < -0.3 is 8.83 Å². The molecule has 0 saturated heterocycles. The Balaban J connectivity index is 1.29. The molecule has 0 fully saturated rings. The van der Waals surface area contributed by atoms with Crippen LogP contribution in [-0.4, -0.2) is 0 Å². The Kier molecular flexibility index (Phi) is 4.63. The van der Waals surface area contributed by atoms with Crippen LogP contribution in [0.25, 0.3) is 96.9 Å². The first-order valence-electron chi connectivity index (χ1n) is 14.5. The molecular weight excluding hydrogens is 545 g/mol. The topological polar surface area (TPSA) is 26.3 Å². The number of rotatable bonds is 2. The standard InChI is InChI=1S/C40H22O2S/c1-3-13-29-27(11-1)37(23-17-18-26-25-10-6-8-16-35(25)43-36(26)21-23)28-12-2-4-14-30(28)38(29)33-22-41-39-32(33)20-19-31-24-9-5-7-15-34(24)42-40(31)39/h1-22H. The predicted octanol–water partition coefficient (Wildman–Crippen LogP) is 12.3. The molecule has 3 heteroatoms. The van der Waals surface area contributed by atoms with Gasteiger partial charge in [-0.15, -0.1) is 11.3 Å². The lowest BCUT2D eigenvalue weighted by Gasteiger charge is -2.17. The summed E-state index contributed by atoms with van der Waals surface area (Å²) in [4.78, 5) is 0. The molecule has 0 N–H and O–H groups in total. The van der Waals surface area contributed by atoms with Crippen molar-refractivity contribution in [1.29, 1.82) is 0 Å². The van der Waals surface area contributed by atoms with Crippen LogP contribution in [0.15, 0.2) is 142 Å². The Morgan fingerprint density at radius 2 is 1.00 bits per heavy atom. The summed E-state index contributed by atoms with van der Waals surface area (Å²) in [5, 5.41) is 10.8. The van der Waals surface area contributed by atoms with Crippen molar-refractivity contribution in [2.24, 2.45) is 0 Å². The van der Waals surface area contributed by atoms with Crippen LogP contribution in [0.5, 0.6) is 0 Å². The molecule has 200 valence electrons. The van der Waals surface area contributed by atoms with E-state index in [1.807, 2.05) is 35.8 Å². The average Bonchev–Trinajstić information content (AvgIpc) is 3.76. The van der Waals surface area contributed by atoms with E-state index in [2.05, 4.69) is 109 Å². The van der Waals surface area contributed by atoms with Gasteiger partial charge in [0.2, 0.25) is 0 Å². The Bertz CT molecular complexity index is 2680. The molecule has 0 radical (unpaired) electrons. The molecule has 43 heavy (non-hydrogen) atoms. The van der Waals surface area contributed by atoms with E-state index < -0.39 is 0 Å². The van der Waals surface area contributed by atoms with Crippen molar-refractivity contribution in [2.75, 3.05) is 0 Å². The molecule has 10 rings (SSSR count). The number of benzene rings is 7. The first-order chi connectivity index (χ1) is 21.3. The third kappa shape index (κ3) is 3.17. The normalized spacial score (nSPS) is 12.2. The fourth-order valence-corrected chi connectivity index (χ4v) is 8.22. The monoisotopic (exact) mass is 566 g/mol. The van der Waals surface area contributed by atoms with E-state index in [1.165, 1.54) is 58.4 Å². The maximum atomic E-state index is 6.34. The first-order valence-corrected chi connectivity index (χ1v) is 15.3. The van der Waals surface area contributed by atoms with Crippen LogP contribution in [0.4, 0.5) is 0 Å². The van der Waals surface area contributed by atoms with Gasteiger partial charge in [-0.1, -0.05) is 97.1 Å². The van der Waals surface area contributed by atoms with Crippen molar-refractivity contribution in [3.8, 4) is 22.3 Å². The van der Waals surface area contributed by atoms with Gasteiger partial charge in [-0.05, 0) is 63.0 Å². The van der Waals surface area contributed by atoms with Crippen LogP contribution in [0.2, 0.25) is 0 Å². The average molecular weight is 567 g/mol. The zero-order valence-electron chi connectivity index (χ0n) is 22.9. The van der Waals surface area contributed by atoms with Crippen molar-refractivity contribution >= 4 is 86.0 Å². The molecule has 0 amide bonds. The Morgan fingerprint density at radius 3 is 1.77 bits per heavy atom. The minimum Gasteiger partial charge on any atom is -0.460 e. The van der Waals surface area contributed by atoms with Gasteiger partial charge in [-0.3, -0.25) is 0 Å². The summed E-state index contributed by atoms with van der Waals surface area (Å²) in [6.45, 7) is 0. The van der Waals surface area contributed by atoms with E-state index in [0.717, 1.165) is 38.5 Å². The molecular formula is C40H22O2S. The van der Waals surface area contributed by atoms with Crippen LogP contribution in [0.3, 0.4) is 0 Å². The van der Waals surface area contributed by atoms with Crippen LogP contribution >= 0.6 is 11.3 Å². The summed E-state index contributed by atoms with van der Waals surface area (Å²) < 4.78 is 15.3. The maximum Gasteiger partial charge on any atom is 0.178 e. The second kappa shape index (κ2) is 8.57. The van der Waals surface area contributed by atoms with Crippen molar-refractivity contribution in [3.05, 3.63) is 134 Å². The lowest BCUT2D eigenvalue weighted by Crippen LogP contribution is -1.90. The van der Waals surface area contributed by atoms with Crippen LogP contribution in [0, 0.1) is 0 Å². The quantitative estimate of drug-likeness (QED) is 0.195. The lowest BCUT2D eigenvalue weighted by atomic mass is 9.86. The summed E-state index contributed by atoms with van der Waals surface area (Å²) in [7, 11) is 0. The van der Waals surface area contributed by atoms with Gasteiger partial charge >= 0.3 is 0 Å². The molecule has 0 unspecified atom stereocenters. The number of hydrogen-bond donors (Lipinski definition) is 0. The van der Waals surface area contributed by atoms with Gasteiger partial charge in [-0.25, -0.2) is 0 Å². The number of thiophene rings is 1. The van der Waals surface area contributed by atoms with Gasteiger partial charge in [0.1, 0.15) is 5.58 Å². The largest absolute Gasteiger partial charge is 0.460 e. The van der Waals surface area contributed by atoms with E-state index >= 15 is 0 Å². The highest BCUT2D eigenvalue weighted by Gasteiger charge is 2.22. The zero-order chi connectivity index (χ0) is 28.1. The van der Waals surface area contributed by atoms with E-state index in [9.17, 15) is 0 Å². The molecule has 0 saturated carbocycles. The van der Waals surface area contributed by atoms with Gasteiger partial charge in [0.25, 0.3) is 0 Å². The van der Waals surface area contributed by atoms with E-state index in [-0.39, 0.29) is 0 Å². The highest BCUT2D eigenvalue weighted by atomic mass is 32.1. The highest BCUT2D eigenvalue weighted by molar-refractivity contribution is 7.25. The summed E-state index contributed by atoms with van der Waals surface area (Å²) in [5.74, 6) is 0. The minimum atomic E-state index is 0.788. The number of para-hydroxylation sites is 1. The first kappa shape index (κ1) is 23.2. The molecule has 0 aliphatic carbocycles. The van der Waals surface area contributed by atoms with E-state index in [4.69, 9.17) is 8.83 Å². The zero-order valence-corrected chi connectivity index (χ0v) is 23.7. The van der Waals surface area contributed by atoms with Gasteiger partial charge in [-0.2, -0.15) is 0 Å². The molecule has 3 aromatic heterocycles. The summed E-state index contributed by atoms with van der Waals surface area (Å²) >= 11 is 1.86. The lowest BCUT2D eigenvalue weighted by molar-refractivity contribution is 0.601. The summed E-state index contributed by atoms with van der Waals surface area (Å²) in [6.07, 6.45) is 1.91. The van der Waals surface area contributed by atoms with Gasteiger partial charge in [0.15, 0.2) is 11.2 Å². The fraction of sp³-hybridized carbons (Fsp3) is 0. The van der Waals surface area contributed by atoms with Crippen LogP contribution in [-0.2, 0) is 0 Å². The van der Waals surface area contributed by atoms with Crippen molar-refractivity contribution in [1.82, 2.24) is 0 Å². The van der Waals surface area contributed by atoms with Crippen molar-refractivity contribution < 1.29 is 8.83 Å². The third-order valence-corrected chi connectivity index (χ3v) is 10.1. The number of hydrogen-bond acceptors (Lipinski definition) is 3. The van der Waals surface area contributed by atoms with Crippen molar-refractivity contribution in [3.63, 3.8) is 0 Å². The van der Waals surface area contributed by atoms with E-state index in [0.29, 0.717) is 0 Å². The third-order valence-electron chi connectivity index (χ3n) is 8.95. The Labute approximate surface area is 250 Å². The smallest absolute Gasteiger partial charge is 0.178 e. The molecule has 10 aromatic rings. The summed E-state index contributed by atoms with van der Waals surface area (Å²) in [6, 6.07) is 45.8. The molecule has 7 aromatic carbocycles. The molecule has 0 aliphatic rings. The van der Waals surface area contributed by atoms with E-state index in [1.54, 1.807) is 0 Å². The van der Waals surface area contributed by atoms with Gasteiger partial charge in [0.05, 0.1) is 6.26 Å². The molecule has 2 nitrogen and oxygen atoms in total. The predicted molar refractivity (Wildman–Crippen MR) is 182 cm³/mol. The fourth-order valence-electron chi connectivity index (χ4n) is 7.08. The molecule has 0 bridgehead atoms. The Hall–Kier alpha value is -5.38. The highest BCUT2D eigenvalue weighted by Crippen LogP contribution is 2.48. The SMILES string of the molecule is c1ccc2c(c1)oc1c2ccc2c(-c3c4ccccc4c(-c4ccc5c(c4)sc4ccccc45)c4ccccc34)coc21. The summed E-state index contributed by atoms with van der Waals surface area (Å²) in [5.41, 5.74) is 7.23. The minimum absolute atomic E-state index is 0.788. The number of fused-ring (bicyclic) bond motifs is 10. The second-order valence-electron chi connectivity index (χ2n) is 11.2.